The molecule has 1 aromatic heterocycles. The molecule has 6 heteroatoms. The van der Waals surface area contributed by atoms with Gasteiger partial charge in [-0.3, -0.25) is 4.79 Å². The summed E-state index contributed by atoms with van der Waals surface area (Å²) >= 11 is 3.21. The number of amides is 1. The van der Waals surface area contributed by atoms with Crippen LogP contribution < -0.4 is 14.8 Å². The van der Waals surface area contributed by atoms with Crippen LogP contribution in [-0.2, 0) is 4.79 Å². The molecular formula is C16H14BrNO4. The van der Waals surface area contributed by atoms with Gasteiger partial charge < -0.3 is 19.2 Å². The Bertz CT molecular complexity index is 708. The minimum absolute atomic E-state index is 0.248. The molecule has 0 bridgehead atoms. The highest BCUT2D eigenvalue weighted by molar-refractivity contribution is 9.10. The molecule has 2 heterocycles. The third-order valence-corrected chi connectivity index (χ3v) is 3.43. The van der Waals surface area contributed by atoms with E-state index >= 15 is 0 Å². The van der Waals surface area contributed by atoms with Crippen LogP contribution >= 0.6 is 15.9 Å². The number of hydrogen-bond donors (Lipinski definition) is 1. The van der Waals surface area contributed by atoms with E-state index in [2.05, 4.69) is 21.2 Å². The minimum Gasteiger partial charge on any atom is -0.490 e. The summed E-state index contributed by atoms with van der Waals surface area (Å²) < 4.78 is 17.0. The van der Waals surface area contributed by atoms with Gasteiger partial charge in [-0.25, -0.2) is 0 Å². The second-order valence-corrected chi connectivity index (χ2v) is 5.46. The minimum atomic E-state index is -0.248. The topological polar surface area (TPSA) is 60.7 Å². The van der Waals surface area contributed by atoms with Crippen LogP contribution in [0.1, 0.15) is 12.2 Å². The van der Waals surface area contributed by atoms with Crippen LogP contribution in [0, 0.1) is 0 Å². The molecule has 3 rings (SSSR count). The maximum atomic E-state index is 11.9. The summed E-state index contributed by atoms with van der Waals surface area (Å²) in [4.78, 5) is 11.9. The molecule has 22 heavy (non-hydrogen) atoms. The smallest absolute Gasteiger partial charge is 0.248 e. The molecule has 1 amide bonds. The number of furan rings is 1. The summed E-state index contributed by atoms with van der Waals surface area (Å²) in [5.74, 6) is 1.70. The Morgan fingerprint density at radius 3 is 2.73 bits per heavy atom. The molecule has 1 N–H and O–H groups in total. The Hall–Kier alpha value is -2.21. The van der Waals surface area contributed by atoms with Crippen molar-refractivity contribution in [2.45, 2.75) is 6.42 Å². The highest BCUT2D eigenvalue weighted by atomic mass is 79.9. The fourth-order valence-corrected chi connectivity index (χ4v) is 2.32. The van der Waals surface area contributed by atoms with Gasteiger partial charge in [0.25, 0.3) is 0 Å². The zero-order chi connectivity index (χ0) is 15.4. The number of anilines is 1. The Morgan fingerprint density at radius 2 is 1.95 bits per heavy atom. The van der Waals surface area contributed by atoms with Crippen LogP contribution in [-0.4, -0.2) is 19.1 Å². The number of halogens is 1. The van der Waals surface area contributed by atoms with E-state index in [1.807, 2.05) is 0 Å². The highest BCUT2D eigenvalue weighted by Gasteiger charge is 2.11. The Morgan fingerprint density at radius 1 is 1.14 bits per heavy atom. The largest absolute Gasteiger partial charge is 0.490 e. The van der Waals surface area contributed by atoms with Gasteiger partial charge in [0.05, 0.1) is 13.2 Å². The second kappa shape index (κ2) is 6.70. The van der Waals surface area contributed by atoms with Gasteiger partial charge in [-0.05, 0) is 46.3 Å². The van der Waals surface area contributed by atoms with Gasteiger partial charge >= 0.3 is 0 Å². The van der Waals surface area contributed by atoms with E-state index in [0.29, 0.717) is 40.8 Å². The summed E-state index contributed by atoms with van der Waals surface area (Å²) in [6.45, 7) is 1.25. The first-order valence-corrected chi connectivity index (χ1v) is 7.64. The van der Waals surface area contributed by atoms with Gasteiger partial charge in [0.2, 0.25) is 5.91 Å². The second-order valence-electron chi connectivity index (χ2n) is 4.68. The predicted molar refractivity (Wildman–Crippen MR) is 86.1 cm³/mol. The number of benzene rings is 1. The number of fused-ring (bicyclic) bond motifs is 1. The highest BCUT2D eigenvalue weighted by Crippen LogP contribution is 2.32. The average Bonchev–Trinajstić information content (AvgIpc) is 2.78. The van der Waals surface area contributed by atoms with Crippen LogP contribution in [0.5, 0.6) is 11.5 Å². The van der Waals surface area contributed by atoms with Crippen LogP contribution in [0.15, 0.2) is 45.5 Å². The fourth-order valence-electron chi connectivity index (χ4n) is 2.00. The van der Waals surface area contributed by atoms with Crippen molar-refractivity contribution in [3.05, 3.63) is 46.8 Å². The first-order chi connectivity index (χ1) is 10.7. The lowest BCUT2D eigenvalue weighted by atomic mass is 10.2. The lowest BCUT2D eigenvalue weighted by molar-refractivity contribution is -0.111. The molecule has 114 valence electrons. The number of nitrogens with one attached hydrogen (secondary N) is 1. The van der Waals surface area contributed by atoms with Crippen LogP contribution in [0.3, 0.4) is 0 Å². The van der Waals surface area contributed by atoms with Crippen LogP contribution in [0.4, 0.5) is 5.69 Å². The van der Waals surface area contributed by atoms with E-state index in [9.17, 15) is 4.79 Å². The van der Waals surface area contributed by atoms with Gasteiger partial charge in [0.1, 0.15) is 5.76 Å². The quantitative estimate of drug-likeness (QED) is 0.841. The summed E-state index contributed by atoms with van der Waals surface area (Å²) in [5, 5.41) is 2.77. The third-order valence-electron chi connectivity index (χ3n) is 3.01. The number of hydrogen-bond acceptors (Lipinski definition) is 4. The monoisotopic (exact) mass is 363 g/mol. The average molecular weight is 364 g/mol. The van der Waals surface area contributed by atoms with E-state index < -0.39 is 0 Å². The number of carbonyl (C=O) groups excluding carboxylic acids is 1. The SMILES string of the molecule is O=C(/C=C/c1ccc(Br)o1)Nc1ccc2c(c1)OCCCO2. The third kappa shape index (κ3) is 3.71. The van der Waals surface area contributed by atoms with Crippen molar-refractivity contribution >= 4 is 33.6 Å². The van der Waals surface area contributed by atoms with Crippen molar-refractivity contribution in [3.63, 3.8) is 0 Å². The summed E-state index contributed by atoms with van der Waals surface area (Å²) in [5.41, 5.74) is 0.652. The summed E-state index contributed by atoms with van der Waals surface area (Å²) in [6.07, 6.45) is 3.86. The molecule has 1 aliphatic rings. The molecule has 1 aliphatic heterocycles. The van der Waals surface area contributed by atoms with Gasteiger partial charge in [0, 0.05) is 24.3 Å². The molecule has 5 nitrogen and oxygen atoms in total. The normalized spacial score (nSPS) is 13.9. The van der Waals surface area contributed by atoms with Gasteiger partial charge in [-0.2, -0.15) is 0 Å². The van der Waals surface area contributed by atoms with Gasteiger partial charge in [-0.15, -0.1) is 0 Å². The van der Waals surface area contributed by atoms with Crippen molar-refractivity contribution in [2.24, 2.45) is 0 Å². The molecule has 0 spiro atoms. The maximum absolute atomic E-state index is 11.9. The van der Waals surface area contributed by atoms with E-state index in [0.717, 1.165) is 6.42 Å². The van der Waals surface area contributed by atoms with Crippen molar-refractivity contribution in [1.29, 1.82) is 0 Å². The first-order valence-electron chi connectivity index (χ1n) is 6.85. The molecule has 0 atom stereocenters. The van der Waals surface area contributed by atoms with Crippen molar-refractivity contribution in [3.8, 4) is 11.5 Å². The fraction of sp³-hybridized carbons (Fsp3) is 0.188. The predicted octanol–water partition coefficient (Wildman–Crippen LogP) is 3.86. The molecule has 0 fully saturated rings. The van der Waals surface area contributed by atoms with E-state index in [4.69, 9.17) is 13.9 Å². The van der Waals surface area contributed by atoms with E-state index in [1.54, 1.807) is 36.4 Å². The van der Waals surface area contributed by atoms with Crippen LogP contribution in [0.25, 0.3) is 6.08 Å². The number of rotatable bonds is 3. The molecule has 0 unspecified atom stereocenters. The Kier molecular flexibility index (Phi) is 4.48. The molecule has 2 aromatic rings. The maximum Gasteiger partial charge on any atom is 0.248 e. The van der Waals surface area contributed by atoms with Crippen molar-refractivity contribution in [2.75, 3.05) is 18.5 Å². The molecule has 1 aromatic carbocycles. The zero-order valence-corrected chi connectivity index (χ0v) is 13.3. The zero-order valence-electron chi connectivity index (χ0n) is 11.7. The molecule has 0 radical (unpaired) electrons. The molecule has 0 saturated carbocycles. The number of ether oxygens (including phenoxy) is 2. The van der Waals surface area contributed by atoms with Crippen molar-refractivity contribution < 1.29 is 18.7 Å². The van der Waals surface area contributed by atoms with Crippen molar-refractivity contribution in [1.82, 2.24) is 0 Å². The Labute approximate surface area is 136 Å². The first kappa shape index (κ1) is 14.7. The standard InChI is InChI=1S/C16H14BrNO4/c17-15-6-3-12(22-15)4-7-16(19)18-11-2-5-13-14(10-11)21-9-1-8-20-13/h2-7,10H,1,8-9H2,(H,18,19)/b7-4+. The summed E-state index contributed by atoms with van der Waals surface area (Å²) in [7, 11) is 0. The van der Waals surface area contributed by atoms with Crippen LogP contribution in [0.2, 0.25) is 0 Å². The summed E-state index contributed by atoms with van der Waals surface area (Å²) in [6, 6.07) is 8.87. The van der Waals surface area contributed by atoms with Gasteiger partial charge in [-0.1, -0.05) is 0 Å². The molecule has 0 aliphatic carbocycles. The molecular weight excluding hydrogens is 350 g/mol. The number of carbonyl (C=O) groups is 1. The lowest BCUT2D eigenvalue weighted by Crippen LogP contribution is -2.07. The van der Waals surface area contributed by atoms with E-state index in [1.165, 1.54) is 6.08 Å². The van der Waals surface area contributed by atoms with E-state index in [-0.39, 0.29) is 5.91 Å². The molecule has 0 saturated heterocycles. The van der Waals surface area contributed by atoms with Gasteiger partial charge in [0.15, 0.2) is 16.2 Å². The Balaban J connectivity index is 1.66. The lowest BCUT2D eigenvalue weighted by Gasteiger charge is -2.09.